The van der Waals surface area contributed by atoms with E-state index in [0.717, 1.165) is 25.9 Å². The highest BCUT2D eigenvalue weighted by atomic mass is 16.2. The Bertz CT molecular complexity index is 276. The van der Waals surface area contributed by atoms with Gasteiger partial charge in [0.05, 0.1) is 12.2 Å². The summed E-state index contributed by atoms with van der Waals surface area (Å²) in [5.74, 6) is 0.307. The van der Waals surface area contributed by atoms with Crippen LogP contribution >= 0.6 is 0 Å². The minimum absolute atomic E-state index is 0.0614. The zero-order chi connectivity index (χ0) is 13.0. The minimum atomic E-state index is 0.0614. The van der Waals surface area contributed by atoms with E-state index in [1.54, 1.807) is 0 Å². The van der Waals surface area contributed by atoms with Crippen molar-refractivity contribution < 1.29 is 4.79 Å². The number of hydrogen-bond donors (Lipinski definition) is 1. The number of piperidine rings is 1. The van der Waals surface area contributed by atoms with E-state index < -0.39 is 0 Å². The highest BCUT2D eigenvalue weighted by Gasteiger charge is 2.35. The number of amides is 1. The van der Waals surface area contributed by atoms with Gasteiger partial charge >= 0.3 is 0 Å². The molecule has 2 atom stereocenters. The van der Waals surface area contributed by atoms with Gasteiger partial charge in [-0.15, -0.1) is 0 Å². The molecule has 0 saturated carbocycles. The molecule has 0 aromatic heterocycles. The van der Waals surface area contributed by atoms with E-state index in [0.29, 0.717) is 5.91 Å². The van der Waals surface area contributed by atoms with Crippen LogP contribution in [0.5, 0.6) is 0 Å². The Hall–Kier alpha value is -0.610. The molecule has 0 aromatic rings. The Balaban J connectivity index is 1.79. The molecule has 0 aliphatic carbocycles. The van der Waals surface area contributed by atoms with Gasteiger partial charge in [-0.1, -0.05) is 19.8 Å². The summed E-state index contributed by atoms with van der Waals surface area (Å²) in [6.07, 6.45) is 6.24. The molecule has 2 unspecified atom stereocenters. The quantitative estimate of drug-likeness (QED) is 0.805. The first kappa shape index (κ1) is 13.8. The van der Waals surface area contributed by atoms with E-state index in [-0.39, 0.29) is 12.2 Å². The molecule has 0 radical (unpaired) electrons. The van der Waals surface area contributed by atoms with Crippen LogP contribution in [0.15, 0.2) is 0 Å². The maximum absolute atomic E-state index is 12.2. The summed E-state index contributed by atoms with van der Waals surface area (Å²) < 4.78 is 0. The van der Waals surface area contributed by atoms with Crippen LogP contribution < -0.4 is 5.32 Å². The van der Waals surface area contributed by atoms with E-state index in [4.69, 9.17) is 0 Å². The van der Waals surface area contributed by atoms with Gasteiger partial charge in [0.2, 0.25) is 5.91 Å². The number of rotatable bonds is 5. The molecule has 4 heteroatoms. The predicted octanol–water partition coefficient (Wildman–Crippen LogP) is 1.42. The van der Waals surface area contributed by atoms with Crippen LogP contribution in [0.1, 0.15) is 46.0 Å². The first-order valence-corrected chi connectivity index (χ1v) is 7.51. The predicted molar refractivity (Wildman–Crippen MR) is 73.3 cm³/mol. The zero-order valence-electron chi connectivity index (χ0n) is 11.8. The second-order valence-electron chi connectivity index (χ2n) is 5.62. The standard InChI is InChI=1S/C14H27N3O/c1-3-7-13-14(18)17(12(2)15-13)11-10-16-8-5-4-6-9-16/h12-13,15H,3-11H2,1-2H3. The first-order chi connectivity index (χ1) is 8.72. The molecule has 2 aliphatic rings. The first-order valence-electron chi connectivity index (χ1n) is 7.51. The van der Waals surface area contributed by atoms with Crippen molar-refractivity contribution in [1.29, 1.82) is 0 Å². The van der Waals surface area contributed by atoms with Gasteiger partial charge < -0.3 is 9.80 Å². The summed E-state index contributed by atoms with van der Waals surface area (Å²) in [6, 6.07) is 0.0614. The summed E-state index contributed by atoms with van der Waals surface area (Å²) in [5.41, 5.74) is 0. The molecule has 2 aliphatic heterocycles. The van der Waals surface area contributed by atoms with Crippen molar-refractivity contribution in [2.75, 3.05) is 26.2 Å². The second kappa shape index (κ2) is 6.53. The SMILES string of the molecule is CCCC1NC(C)N(CCN2CCCCC2)C1=O. The average molecular weight is 253 g/mol. The Labute approximate surface area is 111 Å². The van der Waals surface area contributed by atoms with Crippen LogP contribution in [0, 0.1) is 0 Å². The molecule has 2 rings (SSSR count). The fourth-order valence-corrected chi connectivity index (χ4v) is 3.07. The number of carbonyl (C=O) groups excluding carboxylic acids is 1. The van der Waals surface area contributed by atoms with Gasteiger partial charge in [0, 0.05) is 13.1 Å². The van der Waals surface area contributed by atoms with E-state index in [2.05, 4.69) is 24.1 Å². The van der Waals surface area contributed by atoms with Gasteiger partial charge in [-0.05, 0) is 39.3 Å². The van der Waals surface area contributed by atoms with Crippen LogP contribution in [0.4, 0.5) is 0 Å². The Morgan fingerprint density at radius 2 is 1.94 bits per heavy atom. The topological polar surface area (TPSA) is 35.6 Å². The van der Waals surface area contributed by atoms with Crippen molar-refractivity contribution >= 4 is 5.91 Å². The largest absolute Gasteiger partial charge is 0.325 e. The third kappa shape index (κ3) is 3.23. The molecule has 104 valence electrons. The van der Waals surface area contributed by atoms with Crippen molar-refractivity contribution in [3.63, 3.8) is 0 Å². The fourth-order valence-electron chi connectivity index (χ4n) is 3.07. The molecular formula is C14H27N3O. The molecule has 0 aromatic carbocycles. The lowest BCUT2D eigenvalue weighted by Gasteiger charge is -2.29. The normalized spacial score (nSPS) is 30.1. The molecule has 0 spiro atoms. The van der Waals surface area contributed by atoms with Crippen molar-refractivity contribution in [3.05, 3.63) is 0 Å². The van der Waals surface area contributed by atoms with Crippen LogP contribution in [0.3, 0.4) is 0 Å². The number of nitrogens with zero attached hydrogens (tertiary/aromatic N) is 2. The number of likely N-dealkylation sites (tertiary alicyclic amines) is 1. The lowest BCUT2D eigenvalue weighted by Crippen LogP contribution is -2.42. The molecule has 2 fully saturated rings. The van der Waals surface area contributed by atoms with Crippen LogP contribution in [0.25, 0.3) is 0 Å². The minimum Gasteiger partial charge on any atom is -0.325 e. The van der Waals surface area contributed by atoms with E-state index in [1.165, 1.54) is 32.4 Å². The highest BCUT2D eigenvalue weighted by molar-refractivity contribution is 5.84. The van der Waals surface area contributed by atoms with E-state index >= 15 is 0 Å². The van der Waals surface area contributed by atoms with Gasteiger partial charge in [0.1, 0.15) is 0 Å². The van der Waals surface area contributed by atoms with Crippen molar-refractivity contribution in [2.45, 2.75) is 58.2 Å². The molecule has 1 amide bonds. The average Bonchev–Trinajstić information content (AvgIpc) is 2.64. The summed E-state index contributed by atoms with van der Waals surface area (Å²) in [7, 11) is 0. The maximum atomic E-state index is 12.2. The Kier molecular flexibility index (Phi) is 5.01. The van der Waals surface area contributed by atoms with E-state index in [1.807, 2.05) is 4.90 Å². The molecule has 18 heavy (non-hydrogen) atoms. The lowest BCUT2D eigenvalue weighted by molar-refractivity contribution is -0.130. The van der Waals surface area contributed by atoms with Crippen LogP contribution in [0.2, 0.25) is 0 Å². The fraction of sp³-hybridized carbons (Fsp3) is 0.929. The zero-order valence-corrected chi connectivity index (χ0v) is 11.8. The molecule has 0 bridgehead atoms. The van der Waals surface area contributed by atoms with Gasteiger partial charge in [0.25, 0.3) is 0 Å². The van der Waals surface area contributed by atoms with Crippen molar-refractivity contribution in [3.8, 4) is 0 Å². The number of carbonyl (C=O) groups is 1. The van der Waals surface area contributed by atoms with Gasteiger partial charge in [-0.25, -0.2) is 0 Å². The number of nitrogens with one attached hydrogen (secondary N) is 1. The Morgan fingerprint density at radius 1 is 1.22 bits per heavy atom. The molecule has 2 saturated heterocycles. The summed E-state index contributed by atoms with van der Waals surface area (Å²) >= 11 is 0. The molecular weight excluding hydrogens is 226 g/mol. The van der Waals surface area contributed by atoms with Crippen LogP contribution in [-0.4, -0.2) is 54.1 Å². The third-order valence-corrected chi connectivity index (χ3v) is 4.17. The van der Waals surface area contributed by atoms with Gasteiger partial charge in [-0.3, -0.25) is 10.1 Å². The van der Waals surface area contributed by atoms with Crippen molar-refractivity contribution in [2.24, 2.45) is 0 Å². The summed E-state index contributed by atoms with van der Waals surface area (Å²) in [4.78, 5) is 16.7. The Morgan fingerprint density at radius 3 is 2.61 bits per heavy atom. The maximum Gasteiger partial charge on any atom is 0.241 e. The number of hydrogen-bond acceptors (Lipinski definition) is 3. The van der Waals surface area contributed by atoms with Crippen molar-refractivity contribution in [1.82, 2.24) is 15.1 Å². The highest BCUT2D eigenvalue weighted by Crippen LogP contribution is 2.15. The third-order valence-electron chi connectivity index (χ3n) is 4.17. The van der Waals surface area contributed by atoms with Crippen LogP contribution in [-0.2, 0) is 4.79 Å². The monoisotopic (exact) mass is 253 g/mol. The second-order valence-corrected chi connectivity index (χ2v) is 5.62. The lowest BCUT2D eigenvalue weighted by atomic mass is 10.1. The van der Waals surface area contributed by atoms with E-state index in [9.17, 15) is 4.79 Å². The molecule has 1 N–H and O–H groups in total. The molecule has 4 nitrogen and oxygen atoms in total. The van der Waals surface area contributed by atoms with Gasteiger partial charge in [-0.2, -0.15) is 0 Å². The smallest absolute Gasteiger partial charge is 0.241 e. The molecule has 2 heterocycles. The summed E-state index contributed by atoms with van der Waals surface area (Å²) in [6.45, 7) is 8.58. The summed E-state index contributed by atoms with van der Waals surface area (Å²) in [5, 5.41) is 3.40. The van der Waals surface area contributed by atoms with Gasteiger partial charge in [0.15, 0.2) is 0 Å².